The Morgan fingerprint density at radius 1 is 0.368 bits per heavy atom. The highest BCUT2D eigenvalue weighted by Gasteiger charge is 2.19. The third-order valence-electron chi connectivity index (χ3n) is 12.3. The molecule has 0 aliphatic rings. The van der Waals surface area contributed by atoms with Crippen molar-refractivity contribution in [3.8, 4) is 80.1 Å². The van der Waals surface area contributed by atoms with Gasteiger partial charge in [-0.2, -0.15) is 15.8 Å². The summed E-state index contributed by atoms with van der Waals surface area (Å²) in [7, 11) is 0. The van der Waals surface area contributed by atoms with E-state index in [1.54, 1.807) is 0 Å². The van der Waals surface area contributed by atoms with Crippen LogP contribution in [0.15, 0.2) is 224 Å². The van der Waals surface area contributed by atoms with Crippen molar-refractivity contribution in [1.82, 2.24) is 14.5 Å². The Morgan fingerprint density at radius 2 is 0.882 bits per heavy atom. The first-order chi connectivity index (χ1) is 33.5. The highest BCUT2D eigenvalue weighted by Crippen LogP contribution is 2.40. The molecule has 11 aromatic rings. The Hall–Kier alpha value is -9.87. The fourth-order valence-electron chi connectivity index (χ4n) is 8.96. The van der Waals surface area contributed by atoms with Crippen LogP contribution >= 0.6 is 0 Å². The summed E-state index contributed by atoms with van der Waals surface area (Å²) in [5.74, 6) is 0.627. The van der Waals surface area contributed by atoms with Gasteiger partial charge in [0.05, 0.1) is 57.3 Å². The van der Waals surface area contributed by atoms with Gasteiger partial charge < -0.3 is 9.47 Å². The molecule has 0 radical (unpaired) electrons. The van der Waals surface area contributed by atoms with Crippen LogP contribution in [0.25, 0.3) is 83.6 Å². The van der Waals surface area contributed by atoms with Crippen molar-refractivity contribution in [2.45, 2.75) is 0 Å². The second-order valence-electron chi connectivity index (χ2n) is 16.4. The van der Waals surface area contributed by atoms with Crippen molar-refractivity contribution in [2.75, 3.05) is 4.90 Å². The van der Waals surface area contributed by atoms with Crippen LogP contribution in [0.5, 0.6) is 0 Å². The van der Waals surface area contributed by atoms with Gasteiger partial charge in [0.1, 0.15) is 0 Å². The Labute approximate surface area is 393 Å². The van der Waals surface area contributed by atoms with Crippen molar-refractivity contribution < 1.29 is 0 Å². The Kier molecular flexibility index (Phi) is 10.6. The zero-order valence-corrected chi connectivity index (χ0v) is 36.5. The molecule has 9 aromatic carbocycles. The van der Waals surface area contributed by atoms with Gasteiger partial charge in [0.25, 0.3) is 0 Å². The third-order valence-corrected chi connectivity index (χ3v) is 12.3. The molecule has 0 saturated heterocycles. The summed E-state index contributed by atoms with van der Waals surface area (Å²) in [6, 6.07) is 81.9. The fourth-order valence-corrected chi connectivity index (χ4v) is 8.96. The number of fused-ring (bicyclic) bond motifs is 3. The maximum atomic E-state index is 10.4. The second-order valence-corrected chi connectivity index (χ2v) is 16.4. The van der Waals surface area contributed by atoms with Gasteiger partial charge in [-0.3, -0.25) is 0 Å². The van der Waals surface area contributed by atoms with E-state index < -0.39 is 0 Å². The smallest absolute Gasteiger partial charge is 0.160 e. The molecule has 11 rings (SSSR count). The number of benzene rings is 9. The molecule has 0 atom stereocenters. The van der Waals surface area contributed by atoms with Gasteiger partial charge in [-0.1, -0.05) is 127 Å². The van der Waals surface area contributed by atoms with Crippen molar-refractivity contribution in [2.24, 2.45) is 0 Å². The van der Waals surface area contributed by atoms with Crippen LogP contribution in [0.4, 0.5) is 17.1 Å². The van der Waals surface area contributed by atoms with Gasteiger partial charge in [-0.25, -0.2) is 9.97 Å². The number of nitrogens with zero attached hydrogens (tertiary/aromatic N) is 7. The van der Waals surface area contributed by atoms with Crippen molar-refractivity contribution in [1.29, 1.82) is 15.8 Å². The fraction of sp³-hybridized carbons (Fsp3) is 0. The number of anilines is 3. The highest BCUT2D eigenvalue weighted by molar-refractivity contribution is 6.10. The van der Waals surface area contributed by atoms with Crippen molar-refractivity contribution in [3.63, 3.8) is 0 Å². The van der Waals surface area contributed by atoms with E-state index in [4.69, 9.17) is 9.97 Å². The predicted molar refractivity (Wildman–Crippen MR) is 272 cm³/mol. The molecular formula is C61H37N7. The molecule has 7 heteroatoms. The molecule has 0 N–H and O–H groups in total. The Balaban J connectivity index is 0.896. The normalized spacial score (nSPS) is 10.9. The van der Waals surface area contributed by atoms with Crippen LogP contribution in [0.2, 0.25) is 0 Å². The lowest BCUT2D eigenvalue weighted by Gasteiger charge is -2.25. The van der Waals surface area contributed by atoms with E-state index in [-0.39, 0.29) is 0 Å². The molecule has 0 spiro atoms. The Morgan fingerprint density at radius 3 is 1.50 bits per heavy atom. The van der Waals surface area contributed by atoms with E-state index in [0.29, 0.717) is 22.5 Å². The molecule has 0 aliphatic heterocycles. The average molecular weight is 868 g/mol. The quantitative estimate of drug-likeness (QED) is 0.143. The van der Waals surface area contributed by atoms with Gasteiger partial charge in [0.15, 0.2) is 5.82 Å². The van der Waals surface area contributed by atoms with Gasteiger partial charge in [-0.05, 0) is 119 Å². The van der Waals surface area contributed by atoms with Crippen molar-refractivity contribution >= 4 is 38.9 Å². The lowest BCUT2D eigenvalue weighted by Crippen LogP contribution is -2.10. The number of hydrogen-bond acceptors (Lipinski definition) is 6. The summed E-state index contributed by atoms with van der Waals surface area (Å²) in [6.07, 6.45) is 0. The van der Waals surface area contributed by atoms with Crippen LogP contribution in [0.1, 0.15) is 16.7 Å². The number of nitriles is 3. The molecule has 0 fully saturated rings. The lowest BCUT2D eigenvalue weighted by atomic mass is 9.95. The van der Waals surface area contributed by atoms with Gasteiger partial charge in [0.2, 0.25) is 0 Å². The summed E-state index contributed by atoms with van der Waals surface area (Å²) >= 11 is 0. The number of aromatic nitrogens is 3. The van der Waals surface area contributed by atoms with Crippen LogP contribution in [0, 0.1) is 34.0 Å². The van der Waals surface area contributed by atoms with Crippen LogP contribution in [-0.2, 0) is 0 Å². The van der Waals surface area contributed by atoms with E-state index in [0.717, 1.165) is 94.9 Å². The minimum Gasteiger partial charge on any atom is -0.310 e. The average Bonchev–Trinajstić information content (AvgIpc) is 3.75. The Bertz CT molecular complexity index is 3670. The first kappa shape index (κ1) is 40.9. The third kappa shape index (κ3) is 7.67. The molecule has 2 aromatic heterocycles. The van der Waals surface area contributed by atoms with Crippen LogP contribution in [-0.4, -0.2) is 14.5 Å². The monoisotopic (exact) mass is 867 g/mol. The lowest BCUT2D eigenvalue weighted by molar-refractivity contribution is 1.18. The predicted octanol–water partition coefficient (Wildman–Crippen LogP) is 15.0. The minimum absolute atomic E-state index is 0.565. The second kappa shape index (κ2) is 17.6. The molecule has 68 heavy (non-hydrogen) atoms. The summed E-state index contributed by atoms with van der Waals surface area (Å²) in [4.78, 5) is 12.0. The highest BCUT2D eigenvalue weighted by atomic mass is 15.1. The van der Waals surface area contributed by atoms with Gasteiger partial charge in [0, 0.05) is 50.2 Å². The summed E-state index contributed by atoms with van der Waals surface area (Å²) in [5, 5.41) is 31.7. The van der Waals surface area contributed by atoms with Gasteiger partial charge in [-0.15, -0.1) is 0 Å². The molecule has 2 heterocycles. The molecule has 0 unspecified atom stereocenters. The van der Waals surface area contributed by atoms with E-state index in [9.17, 15) is 15.8 Å². The molecule has 0 bridgehead atoms. The number of hydrogen-bond donors (Lipinski definition) is 0. The first-order valence-corrected chi connectivity index (χ1v) is 22.1. The van der Waals surface area contributed by atoms with E-state index >= 15 is 0 Å². The molecule has 0 aliphatic carbocycles. The number of para-hydroxylation sites is 1. The van der Waals surface area contributed by atoms with Gasteiger partial charge >= 0.3 is 0 Å². The standard InChI is InChI=1S/C61H37N7/c62-38-41-15-26-50(27-16-41)67(51-28-17-42(39-63)18-29-51)53-32-34-60-56(36-53)55-13-7-8-14-59(55)68(60)52-30-23-44(24-31-52)43-19-21-45(22-20-43)54-33-25-48(35-49(54)40-64)58-37-57(46-9-3-1-4-10-46)65-61(66-58)47-11-5-2-6-12-47/h1-37H. The summed E-state index contributed by atoms with van der Waals surface area (Å²) in [6.45, 7) is 0. The number of rotatable bonds is 9. The summed E-state index contributed by atoms with van der Waals surface area (Å²) in [5.41, 5.74) is 15.9. The zero-order valence-electron chi connectivity index (χ0n) is 36.5. The molecule has 0 saturated carbocycles. The van der Waals surface area contributed by atoms with E-state index in [1.807, 2.05) is 133 Å². The molecular weight excluding hydrogens is 831 g/mol. The molecule has 0 amide bonds. The van der Waals surface area contributed by atoms with E-state index in [1.165, 1.54) is 0 Å². The molecule has 316 valence electrons. The SMILES string of the molecule is N#Cc1ccc(N(c2ccc(C#N)cc2)c2ccc3c(c2)c2ccccc2n3-c2ccc(-c3ccc(-c4ccc(-c5cc(-c6ccccc6)nc(-c6ccccc6)n5)cc4C#N)cc3)cc2)cc1. The maximum absolute atomic E-state index is 10.4. The topological polar surface area (TPSA) is 105 Å². The minimum atomic E-state index is 0.565. The van der Waals surface area contributed by atoms with Crippen LogP contribution < -0.4 is 4.90 Å². The summed E-state index contributed by atoms with van der Waals surface area (Å²) < 4.78 is 2.30. The maximum Gasteiger partial charge on any atom is 0.160 e. The van der Waals surface area contributed by atoms with Crippen LogP contribution in [0.3, 0.4) is 0 Å². The first-order valence-electron chi connectivity index (χ1n) is 22.1. The molecule has 7 nitrogen and oxygen atoms in total. The zero-order chi connectivity index (χ0) is 46.0. The largest absolute Gasteiger partial charge is 0.310 e. The van der Waals surface area contributed by atoms with Crippen molar-refractivity contribution in [3.05, 3.63) is 241 Å². The van der Waals surface area contributed by atoms with E-state index in [2.05, 4.69) is 119 Å².